The van der Waals surface area contributed by atoms with Crippen LogP contribution in [0.15, 0.2) is 54.6 Å². The number of aryl methyl sites for hydroxylation is 1. The van der Waals surface area contributed by atoms with Gasteiger partial charge >= 0.3 is 0 Å². The molecule has 0 amide bonds. The Kier molecular flexibility index (Phi) is 6.20. The lowest BCUT2D eigenvalue weighted by molar-refractivity contribution is -0.120. The van der Waals surface area contributed by atoms with Crippen LogP contribution in [0.1, 0.15) is 42.7 Å². The van der Waals surface area contributed by atoms with Gasteiger partial charge in [0.1, 0.15) is 11.5 Å². The van der Waals surface area contributed by atoms with Crippen LogP contribution in [0.3, 0.4) is 0 Å². The van der Waals surface area contributed by atoms with Crippen molar-refractivity contribution in [1.82, 2.24) is 0 Å². The molecule has 1 aliphatic rings. The smallest absolute Gasteiger partial charge is 0.133 e. The second-order valence-electron chi connectivity index (χ2n) is 5.76. The van der Waals surface area contributed by atoms with E-state index in [1.54, 1.807) is 7.11 Å². The summed E-state index contributed by atoms with van der Waals surface area (Å²) < 4.78 is 4.97. The van der Waals surface area contributed by atoms with Crippen molar-refractivity contribution >= 4 is 5.78 Å². The number of hydrogen-bond acceptors (Lipinski definition) is 2. The van der Waals surface area contributed by atoms with Gasteiger partial charge in [-0.3, -0.25) is 4.79 Å². The van der Waals surface area contributed by atoms with Crippen molar-refractivity contribution in [3.8, 4) is 5.75 Å². The van der Waals surface area contributed by atoms with Crippen LogP contribution < -0.4 is 4.74 Å². The van der Waals surface area contributed by atoms with Crippen molar-refractivity contribution in [3.63, 3.8) is 0 Å². The second kappa shape index (κ2) is 8.38. The van der Waals surface area contributed by atoms with E-state index in [1.807, 2.05) is 30.3 Å². The fraction of sp³-hybridized carbons (Fsp3) is 0.350. The molecule has 2 heteroatoms. The summed E-state index contributed by atoms with van der Waals surface area (Å²) >= 11 is 0. The molecule has 2 nitrogen and oxygen atoms in total. The van der Waals surface area contributed by atoms with Gasteiger partial charge in [-0.25, -0.2) is 0 Å². The van der Waals surface area contributed by atoms with E-state index < -0.39 is 0 Å². The molecule has 1 aliphatic carbocycles. The summed E-state index contributed by atoms with van der Waals surface area (Å²) in [7, 11) is 1.67. The molecule has 2 aromatic carbocycles. The van der Waals surface area contributed by atoms with Crippen molar-refractivity contribution in [2.75, 3.05) is 7.11 Å². The largest absolute Gasteiger partial charge is 0.497 e. The third kappa shape index (κ3) is 5.03. The van der Waals surface area contributed by atoms with Gasteiger partial charge in [0.15, 0.2) is 0 Å². The van der Waals surface area contributed by atoms with Gasteiger partial charge in [0.05, 0.1) is 7.11 Å². The molecule has 0 aliphatic heterocycles. The molecule has 0 radical (unpaired) electrons. The first-order chi connectivity index (χ1) is 10.7. The zero-order valence-corrected chi connectivity index (χ0v) is 13.4. The van der Waals surface area contributed by atoms with E-state index in [4.69, 9.17) is 4.74 Å². The predicted molar refractivity (Wildman–Crippen MR) is 90.4 cm³/mol. The van der Waals surface area contributed by atoms with Crippen molar-refractivity contribution in [2.45, 2.75) is 38.5 Å². The summed E-state index contributed by atoms with van der Waals surface area (Å²) in [5.41, 5.74) is 2.59. The van der Waals surface area contributed by atoms with Crippen LogP contribution in [-0.2, 0) is 4.79 Å². The van der Waals surface area contributed by atoms with E-state index in [9.17, 15) is 4.79 Å². The Hall–Kier alpha value is -2.09. The number of carbonyl (C=O) groups is 1. The molecule has 0 N–H and O–H groups in total. The fourth-order valence-corrected chi connectivity index (χ4v) is 2.71. The van der Waals surface area contributed by atoms with Crippen LogP contribution >= 0.6 is 0 Å². The standard InChI is InChI=1S/C12H14O.C8H10O/c13-12-8-4-7-11(9-12)10-5-2-1-3-6-10;1-7-3-5-8(9-2)6-4-7/h1-3,5-6,11H,4,7-9H2;3-6H,1-2H3. The Balaban J connectivity index is 0.000000172. The van der Waals surface area contributed by atoms with Gasteiger partial charge in [-0.1, -0.05) is 48.0 Å². The van der Waals surface area contributed by atoms with E-state index in [2.05, 4.69) is 31.2 Å². The molecule has 1 atom stereocenters. The maximum Gasteiger partial charge on any atom is 0.133 e. The topological polar surface area (TPSA) is 26.3 Å². The summed E-state index contributed by atoms with van der Waals surface area (Å²) in [5.74, 6) is 1.84. The van der Waals surface area contributed by atoms with Crippen molar-refractivity contribution in [3.05, 3.63) is 65.7 Å². The zero-order valence-electron chi connectivity index (χ0n) is 13.4. The van der Waals surface area contributed by atoms with E-state index in [1.165, 1.54) is 17.5 Å². The molecule has 3 rings (SSSR count). The SMILES string of the molecule is COc1ccc(C)cc1.O=C1CCCC(c2ccccc2)C1. The molecule has 0 spiro atoms. The molecule has 1 saturated carbocycles. The highest BCUT2D eigenvalue weighted by atomic mass is 16.5. The van der Waals surface area contributed by atoms with Crippen LogP contribution in [0.4, 0.5) is 0 Å². The van der Waals surface area contributed by atoms with Crippen LogP contribution in [-0.4, -0.2) is 12.9 Å². The van der Waals surface area contributed by atoms with Crippen molar-refractivity contribution in [2.24, 2.45) is 0 Å². The first kappa shape index (κ1) is 16.3. The lowest BCUT2D eigenvalue weighted by atomic mass is 9.83. The number of Topliss-reactive ketones (excluding diaryl/α,β-unsaturated/α-hetero) is 1. The molecule has 116 valence electrons. The summed E-state index contributed by atoms with van der Waals surface area (Å²) in [6.45, 7) is 2.06. The monoisotopic (exact) mass is 296 g/mol. The molecule has 1 unspecified atom stereocenters. The molecule has 0 aromatic heterocycles. The van der Waals surface area contributed by atoms with E-state index in [0.29, 0.717) is 11.7 Å². The first-order valence-electron chi connectivity index (χ1n) is 7.86. The van der Waals surface area contributed by atoms with E-state index in [-0.39, 0.29) is 0 Å². The maximum atomic E-state index is 11.2. The normalized spacial score (nSPS) is 17.4. The number of hydrogen-bond donors (Lipinski definition) is 0. The van der Waals surface area contributed by atoms with Crippen molar-refractivity contribution < 1.29 is 9.53 Å². The minimum atomic E-state index is 0.431. The van der Waals surface area contributed by atoms with Gasteiger partial charge < -0.3 is 4.74 Å². The quantitative estimate of drug-likeness (QED) is 0.786. The van der Waals surface area contributed by atoms with Gasteiger partial charge in [-0.2, -0.15) is 0 Å². The van der Waals surface area contributed by atoms with Gasteiger partial charge in [0, 0.05) is 12.8 Å². The Labute approximate surface area is 133 Å². The average molecular weight is 296 g/mol. The van der Waals surface area contributed by atoms with Gasteiger partial charge in [0.25, 0.3) is 0 Å². The van der Waals surface area contributed by atoms with E-state index in [0.717, 1.165) is 25.0 Å². The Morgan fingerprint density at radius 3 is 2.27 bits per heavy atom. The molecule has 0 saturated heterocycles. The number of ketones is 1. The molecular weight excluding hydrogens is 272 g/mol. The fourth-order valence-electron chi connectivity index (χ4n) is 2.71. The number of benzene rings is 2. The predicted octanol–water partition coefficient (Wildman–Crippen LogP) is 4.92. The number of methoxy groups -OCH3 is 1. The summed E-state index contributed by atoms with van der Waals surface area (Å²) in [6, 6.07) is 18.3. The summed E-state index contributed by atoms with van der Waals surface area (Å²) in [6.07, 6.45) is 3.79. The molecule has 22 heavy (non-hydrogen) atoms. The third-order valence-corrected chi connectivity index (χ3v) is 4.01. The van der Waals surface area contributed by atoms with Crippen LogP contribution in [0.2, 0.25) is 0 Å². The van der Waals surface area contributed by atoms with Gasteiger partial charge in [0.2, 0.25) is 0 Å². The number of ether oxygens (including phenoxy) is 1. The molecule has 0 bridgehead atoms. The Morgan fingerprint density at radius 1 is 1.00 bits per heavy atom. The Morgan fingerprint density at radius 2 is 1.68 bits per heavy atom. The zero-order chi connectivity index (χ0) is 15.8. The van der Waals surface area contributed by atoms with Gasteiger partial charge in [-0.05, 0) is 43.4 Å². The molecule has 0 heterocycles. The van der Waals surface area contributed by atoms with Crippen LogP contribution in [0, 0.1) is 6.92 Å². The second-order valence-corrected chi connectivity index (χ2v) is 5.76. The molecule has 1 fully saturated rings. The van der Waals surface area contributed by atoms with Gasteiger partial charge in [-0.15, -0.1) is 0 Å². The highest BCUT2D eigenvalue weighted by molar-refractivity contribution is 5.80. The molecule has 2 aromatic rings. The highest BCUT2D eigenvalue weighted by Gasteiger charge is 2.20. The van der Waals surface area contributed by atoms with Crippen LogP contribution in [0.25, 0.3) is 0 Å². The average Bonchev–Trinajstić information content (AvgIpc) is 2.57. The third-order valence-electron chi connectivity index (χ3n) is 4.01. The first-order valence-corrected chi connectivity index (χ1v) is 7.86. The molecular formula is C20H24O2. The summed E-state index contributed by atoms with van der Waals surface area (Å²) in [4.78, 5) is 11.2. The number of rotatable bonds is 2. The van der Waals surface area contributed by atoms with Crippen LogP contribution in [0.5, 0.6) is 5.75 Å². The van der Waals surface area contributed by atoms with E-state index >= 15 is 0 Å². The minimum absolute atomic E-state index is 0.431. The Bertz CT molecular complexity index is 572. The number of carbonyl (C=O) groups excluding carboxylic acids is 1. The summed E-state index contributed by atoms with van der Waals surface area (Å²) in [5, 5.41) is 0. The lowest BCUT2D eigenvalue weighted by Crippen LogP contribution is -2.13. The van der Waals surface area contributed by atoms with Crippen molar-refractivity contribution in [1.29, 1.82) is 0 Å². The lowest BCUT2D eigenvalue weighted by Gasteiger charge is -2.20. The maximum absolute atomic E-state index is 11.2. The minimum Gasteiger partial charge on any atom is -0.497 e. The highest BCUT2D eigenvalue weighted by Crippen LogP contribution is 2.30.